The number of rotatable bonds is 1. The summed E-state index contributed by atoms with van der Waals surface area (Å²) in [5, 5.41) is 0.167. The Kier molecular flexibility index (Phi) is 3.95. The Labute approximate surface area is 81.7 Å². The number of hydrogen-bond acceptors (Lipinski definition) is 3. The molecule has 1 nitrogen and oxygen atoms in total. The fourth-order valence-electron chi connectivity index (χ4n) is 0.851. The van der Waals surface area contributed by atoms with Gasteiger partial charge in [-0.2, -0.15) is 0 Å². The lowest BCUT2D eigenvalue weighted by atomic mass is 10.3. The van der Waals surface area contributed by atoms with Crippen molar-refractivity contribution in [1.82, 2.24) is 0 Å². The van der Waals surface area contributed by atoms with E-state index < -0.39 is 0 Å². The van der Waals surface area contributed by atoms with E-state index in [-0.39, 0.29) is 5.12 Å². The monoisotopic (exact) mass is 200 g/mol. The smallest absolute Gasteiger partial charge is 0.213 e. The van der Waals surface area contributed by atoms with Crippen molar-refractivity contribution in [1.29, 1.82) is 0 Å². The van der Waals surface area contributed by atoms with Gasteiger partial charge in [0.05, 0.1) is 0 Å². The Morgan fingerprint density at radius 1 is 1.50 bits per heavy atom. The van der Waals surface area contributed by atoms with Crippen LogP contribution in [0.5, 0.6) is 0 Å². The minimum Gasteiger partial charge on any atom is -0.282 e. The Hall–Kier alpha value is -0.150. The van der Waals surface area contributed by atoms with Gasteiger partial charge in [0.1, 0.15) is 0 Å². The molecular weight excluding hydrogens is 188 g/mol. The lowest BCUT2D eigenvalue weighted by Crippen LogP contribution is -1.97. The van der Waals surface area contributed by atoms with E-state index in [1.165, 1.54) is 11.8 Å². The first-order valence-corrected chi connectivity index (χ1v) is 5.84. The van der Waals surface area contributed by atoms with E-state index in [0.717, 1.165) is 28.4 Å². The van der Waals surface area contributed by atoms with E-state index in [4.69, 9.17) is 0 Å². The molecule has 0 saturated carbocycles. The van der Waals surface area contributed by atoms with Gasteiger partial charge in [0, 0.05) is 16.7 Å². The molecule has 12 heavy (non-hydrogen) atoms. The summed E-state index contributed by atoms with van der Waals surface area (Å²) in [7, 11) is 0. The molecule has 0 bridgehead atoms. The molecule has 1 rings (SSSR count). The van der Waals surface area contributed by atoms with Gasteiger partial charge >= 0.3 is 0 Å². The fourth-order valence-corrected chi connectivity index (χ4v) is 2.74. The van der Waals surface area contributed by atoms with Crippen molar-refractivity contribution < 1.29 is 4.79 Å². The van der Waals surface area contributed by atoms with E-state index in [0.29, 0.717) is 0 Å². The first-order valence-electron chi connectivity index (χ1n) is 3.87. The van der Waals surface area contributed by atoms with Gasteiger partial charge in [0.25, 0.3) is 0 Å². The van der Waals surface area contributed by atoms with Crippen LogP contribution in [0.15, 0.2) is 23.1 Å². The van der Waals surface area contributed by atoms with Gasteiger partial charge in [-0.25, -0.2) is 0 Å². The van der Waals surface area contributed by atoms with Crippen molar-refractivity contribution in [3.05, 3.63) is 23.1 Å². The SMILES string of the molecule is C=C(C)/C1=C/C(=O)SCCCS1. The molecule has 0 fully saturated rings. The third-order valence-electron chi connectivity index (χ3n) is 1.46. The van der Waals surface area contributed by atoms with E-state index in [1.807, 2.05) is 6.92 Å². The average Bonchev–Trinajstić information content (AvgIpc) is 1.95. The molecule has 0 amide bonds. The van der Waals surface area contributed by atoms with Gasteiger partial charge in [0.2, 0.25) is 5.12 Å². The number of hydrogen-bond donors (Lipinski definition) is 0. The van der Waals surface area contributed by atoms with Crippen LogP contribution < -0.4 is 0 Å². The Bertz CT molecular complexity index is 231. The zero-order chi connectivity index (χ0) is 8.97. The van der Waals surface area contributed by atoms with Crippen LogP contribution in [0.4, 0.5) is 0 Å². The molecule has 0 spiro atoms. The van der Waals surface area contributed by atoms with Crippen molar-refractivity contribution in [3.8, 4) is 0 Å². The summed E-state index contributed by atoms with van der Waals surface area (Å²) >= 11 is 3.14. The molecule has 3 heteroatoms. The Morgan fingerprint density at radius 2 is 2.17 bits per heavy atom. The molecule has 0 radical (unpaired) electrons. The van der Waals surface area contributed by atoms with Crippen molar-refractivity contribution >= 4 is 28.6 Å². The van der Waals surface area contributed by atoms with Gasteiger partial charge < -0.3 is 0 Å². The molecular formula is C9H12OS2. The van der Waals surface area contributed by atoms with E-state index in [2.05, 4.69) is 6.58 Å². The summed E-state index contributed by atoms with van der Waals surface area (Å²) in [6.45, 7) is 5.78. The summed E-state index contributed by atoms with van der Waals surface area (Å²) in [6, 6.07) is 0. The highest BCUT2D eigenvalue weighted by atomic mass is 32.2. The van der Waals surface area contributed by atoms with E-state index in [9.17, 15) is 4.79 Å². The van der Waals surface area contributed by atoms with Crippen LogP contribution in [0.1, 0.15) is 13.3 Å². The van der Waals surface area contributed by atoms with Crippen LogP contribution in [-0.4, -0.2) is 16.6 Å². The summed E-state index contributed by atoms with van der Waals surface area (Å²) in [5.74, 6) is 2.05. The maximum absolute atomic E-state index is 11.2. The Morgan fingerprint density at radius 3 is 2.83 bits per heavy atom. The van der Waals surface area contributed by atoms with Crippen LogP contribution in [0.25, 0.3) is 0 Å². The van der Waals surface area contributed by atoms with Crippen LogP contribution in [0.2, 0.25) is 0 Å². The van der Waals surface area contributed by atoms with Crippen LogP contribution in [0, 0.1) is 0 Å². The molecule has 0 aromatic rings. The van der Waals surface area contributed by atoms with Gasteiger partial charge in [0.15, 0.2) is 0 Å². The molecule has 0 atom stereocenters. The topological polar surface area (TPSA) is 17.1 Å². The molecule has 0 aromatic heterocycles. The quantitative estimate of drug-likeness (QED) is 0.648. The van der Waals surface area contributed by atoms with Crippen LogP contribution in [0.3, 0.4) is 0 Å². The highest BCUT2D eigenvalue weighted by Crippen LogP contribution is 2.27. The highest BCUT2D eigenvalue weighted by Gasteiger charge is 2.07. The normalized spacial score (nSPS) is 23.8. The molecule has 66 valence electrons. The Balaban J connectivity index is 2.72. The maximum Gasteiger partial charge on any atom is 0.213 e. The average molecular weight is 200 g/mol. The van der Waals surface area contributed by atoms with Crippen molar-refractivity contribution in [2.45, 2.75) is 13.3 Å². The predicted octanol–water partition coefficient (Wildman–Crippen LogP) is 2.84. The number of carbonyl (C=O) groups is 1. The van der Waals surface area contributed by atoms with Gasteiger partial charge in [-0.05, 0) is 24.7 Å². The lowest BCUT2D eigenvalue weighted by Gasteiger charge is -2.09. The molecule has 0 aromatic carbocycles. The molecule has 1 aliphatic heterocycles. The lowest BCUT2D eigenvalue weighted by molar-refractivity contribution is -0.107. The van der Waals surface area contributed by atoms with Gasteiger partial charge in [-0.15, -0.1) is 11.8 Å². The number of carbonyl (C=O) groups excluding carboxylic acids is 1. The summed E-state index contributed by atoms with van der Waals surface area (Å²) in [4.78, 5) is 12.2. The molecule has 1 heterocycles. The fraction of sp³-hybridized carbons (Fsp3) is 0.444. The second-order valence-corrected chi connectivity index (χ2v) is 4.89. The molecule has 1 aliphatic rings. The van der Waals surface area contributed by atoms with Crippen LogP contribution in [-0.2, 0) is 4.79 Å². The molecule has 0 N–H and O–H groups in total. The first-order chi connectivity index (χ1) is 5.70. The number of allylic oxidation sites excluding steroid dienone is 1. The minimum atomic E-state index is 0.167. The van der Waals surface area contributed by atoms with Gasteiger partial charge in [-0.3, -0.25) is 4.79 Å². The maximum atomic E-state index is 11.2. The van der Waals surface area contributed by atoms with Crippen molar-refractivity contribution in [2.24, 2.45) is 0 Å². The predicted molar refractivity (Wildman–Crippen MR) is 57.4 cm³/mol. The second kappa shape index (κ2) is 4.77. The minimum absolute atomic E-state index is 0.167. The first kappa shape index (κ1) is 9.93. The van der Waals surface area contributed by atoms with Crippen LogP contribution >= 0.6 is 23.5 Å². The third-order valence-corrected chi connectivity index (χ3v) is 3.63. The van der Waals surface area contributed by atoms with Crippen molar-refractivity contribution in [2.75, 3.05) is 11.5 Å². The summed E-state index contributed by atoms with van der Waals surface area (Å²) < 4.78 is 0. The largest absolute Gasteiger partial charge is 0.282 e. The zero-order valence-corrected chi connectivity index (χ0v) is 8.76. The summed E-state index contributed by atoms with van der Waals surface area (Å²) in [6.07, 6.45) is 2.81. The van der Waals surface area contributed by atoms with E-state index >= 15 is 0 Å². The van der Waals surface area contributed by atoms with E-state index in [1.54, 1.807) is 17.8 Å². The standard InChI is InChI=1S/C9H12OS2/c1-7(2)8-6-9(10)12-5-3-4-11-8/h6H,1,3-5H2,2H3/b8-6-. The second-order valence-electron chi connectivity index (χ2n) is 2.66. The van der Waals surface area contributed by atoms with Gasteiger partial charge in [-0.1, -0.05) is 18.3 Å². The van der Waals surface area contributed by atoms with Crippen molar-refractivity contribution in [3.63, 3.8) is 0 Å². The highest BCUT2D eigenvalue weighted by molar-refractivity contribution is 8.14. The molecule has 0 aliphatic carbocycles. The zero-order valence-electron chi connectivity index (χ0n) is 7.13. The third kappa shape index (κ3) is 3.07. The number of thioether (sulfide) groups is 2. The summed E-state index contributed by atoms with van der Waals surface area (Å²) in [5.41, 5.74) is 0.996. The molecule has 0 unspecified atom stereocenters. The molecule has 0 saturated heterocycles.